The van der Waals surface area contributed by atoms with E-state index in [1.807, 2.05) is 0 Å². The third kappa shape index (κ3) is 5.39. The third-order valence-corrected chi connectivity index (χ3v) is 8.01. The molecule has 0 aliphatic carbocycles. The van der Waals surface area contributed by atoms with Crippen molar-refractivity contribution in [3.05, 3.63) is 0 Å². The molecule has 0 saturated heterocycles. The Hall–Kier alpha value is -1.23. The van der Waals surface area contributed by atoms with Gasteiger partial charge < -0.3 is 15.4 Å². The highest BCUT2D eigenvalue weighted by molar-refractivity contribution is 6.71. The zero-order valence-corrected chi connectivity index (χ0v) is 19.6. The molecule has 0 aromatic carbocycles. The number of alkyl halides is 19. The van der Waals surface area contributed by atoms with E-state index in [1.165, 1.54) is 13.8 Å². The van der Waals surface area contributed by atoms with E-state index in [9.17, 15) is 83.4 Å². The minimum Gasteiger partial charge on any atom is -0.327 e. The molecule has 0 rings (SSSR count). The lowest BCUT2D eigenvalue weighted by molar-refractivity contribution is -0.468. The van der Waals surface area contributed by atoms with Crippen LogP contribution in [-0.2, 0) is 0 Å². The van der Waals surface area contributed by atoms with E-state index in [0.717, 1.165) is 0 Å². The predicted octanol–water partition coefficient (Wildman–Crippen LogP) is 6.14. The van der Waals surface area contributed by atoms with Crippen LogP contribution < -0.4 is 15.4 Å². The summed E-state index contributed by atoms with van der Waals surface area (Å²) < 4.78 is 253. The van der Waals surface area contributed by atoms with Crippen molar-refractivity contribution in [2.24, 2.45) is 5.40 Å². The smallest absolute Gasteiger partial charge is 0.327 e. The van der Waals surface area contributed by atoms with Gasteiger partial charge in [-0.15, -0.1) is 0 Å². The Kier molecular flexibility index (Phi) is 9.97. The molecule has 0 fully saturated rings. The summed E-state index contributed by atoms with van der Waals surface area (Å²) in [6, 6.07) is -1.46. The van der Waals surface area contributed by atoms with Crippen molar-refractivity contribution in [2.75, 3.05) is 13.1 Å². The minimum atomic E-state index is -8.92. The fourth-order valence-corrected chi connectivity index (χ4v) is 5.22. The summed E-state index contributed by atoms with van der Waals surface area (Å²) in [6.07, 6.45) is -10.5. The summed E-state index contributed by atoms with van der Waals surface area (Å²) in [5, 5.41) is 5.55. The maximum Gasteiger partial charge on any atom is 0.460 e. The van der Waals surface area contributed by atoms with Gasteiger partial charge in [-0.1, -0.05) is 13.8 Å². The minimum absolute atomic E-state index is 0.177. The van der Waals surface area contributed by atoms with Gasteiger partial charge in [0, 0.05) is 6.42 Å². The van der Waals surface area contributed by atoms with Crippen LogP contribution in [0.1, 0.15) is 20.3 Å². The molecule has 38 heavy (non-hydrogen) atoms. The van der Waals surface area contributed by atoms with Gasteiger partial charge in [0.05, 0.1) is 0 Å². The molecule has 0 aliphatic heterocycles. The van der Waals surface area contributed by atoms with Crippen molar-refractivity contribution in [3.8, 4) is 0 Å². The quantitative estimate of drug-likeness (QED) is 0.160. The molecule has 230 valence electrons. The molecule has 0 heterocycles. The number of nitrogens with one attached hydrogen (secondary N) is 2. The zero-order valence-electron chi connectivity index (χ0n) is 18.6. The second-order valence-electron chi connectivity index (χ2n) is 7.75. The van der Waals surface area contributed by atoms with Crippen LogP contribution in [0.15, 0.2) is 0 Å². The Bertz CT molecular complexity index is 804. The van der Waals surface area contributed by atoms with Crippen molar-refractivity contribution < 1.29 is 83.4 Å². The van der Waals surface area contributed by atoms with Crippen molar-refractivity contribution in [3.63, 3.8) is 0 Å². The van der Waals surface area contributed by atoms with Gasteiger partial charge in [-0.05, 0) is 19.1 Å². The molecule has 23 heteroatoms. The first kappa shape index (κ1) is 36.8. The summed E-state index contributed by atoms with van der Waals surface area (Å²) in [6.45, 7) is 2.19. The lowest BCUT2D eigenvalue weighted by Gasteiger charge is -2.44. The number of nitrogens with two attached hydrogens (primary N) is 1. The number of rotatable bonds is 14. The first-order chi connectivity index (χ1) is 16.3. The van der Waals surface area contributed by atoms with Gasteiger partial charge in [-0.25, -0.2) is 0 Å². The summed E-state index contributed by atoms with van der Waals surface area (Å²) >= 11 is 0. The standard InChI is InChI=1S/C15H18F19N3Si/c1-3-36-38(35,37-4-2)6-5-7(16,17)8(18,19)9(20,21)10(22,23)11(24,25)12(26,27)13(28,29)14(30,31)15(32,33)34/h36-37H,3-6,35H2,1-2H3. The molecule has 0 aromatic heterocycles. The SMILES string of the molecule is CCN[Si](N)(CCC(F)(F)C(F)(F)C(F)(F)C(F)(F)C(F)(F)C(F)(F)C(F)(F)C(F)(F)C(F)(F)F)NCC. The topological polar surface area (TPSA) is 50.1 Å². The maximum absolute atomic E-state index is 14.0. The molecule has 0 aliphatic rings. The first-order valence-electron chi connectivity index (χ1n) is 9.71. The highest BCUT2D eigenvalue weighted by Crippen LogP contribution is 2.65. The Morgan fingerprint density at radius 3 is 1.00 bits per heavy atom. The molecule has 0 bridgehead atoms. The normalized spacial score (nSPS) is 16.3. The average Bonchev–Trinajstić information content (AvgIpc) is 2.71. The molecule has 0 aromatic rings. The molecule has 0 amide bonds. The van der Waals surface area contributed by atoms with E-state index >= 15 is 0 Å². The molecule has 0 spiro atoms. The first-order valence-corrected chi connectivity index (χ1v) is 12.0. The fraction of sp³-hybridized carbons (Fsp3) is 1.00. The molecule has 4 N–H and O–H groups in total. The molecular weight excluding hydrogens is 611 g/mol. The van der Waals surface area contributed by atoms with Gasteiger partial charge in [0.2, 0.25) is 0 Å². The second-order valence-corrected chi connectivity index (χ2v) is 10.9. The van der Waals surface area contributed by atoms with Gasteiger partial charge in [0.25, 0.3) is 8.56 Å². The van der Waals surface area contributed by atoms with Gasteiger partial charge >= 0.3 is 53.6 Å². The van der Waals surface area contributed by atoms with E-state index in [-0.39, 0.29) is 13.1 Å². The Morgan fingerprint density at radius 2 is 0.737 bits per heavy atom. The third-order valence-electron chi connectivity index (χ3n) is 5.00. The predicted molar refractivity (Wildman–Crippen MR) is 92.3 cm³/mol. The van der Waals surface area contributed by atoms with Crippen LogP contribution in [0.2, 0.25) is 6.04 Å². The number of hydrogen-bond donors (Lipinski definition) is 3. The molecule has 0 atom stereocenters. The van der Waals surface area contributed by atoms with Crippen LogP contribution in [-0.4, -0.2) is 75.2 Å². The zero-order chi connectivity index (χ0) is 31.2. The molecule has 0 unspecified atom stereocenters. The van der Waals surface area contributed by atoms with E-state index < -0.39 is 74.6 Å². The molecule has 3 nitrogen and oxygen atoms in total. The fourth-order valence-electron chi connectivity index (χ4n) is 2.77. The highest BCUT2D eigenvalue weighted by Gasteiger charge is 2.96. The largest absolute Gasteiger partial charge is 0.460 e. The van der Waals surface area contributed by atoms with Gasteiger partial charge in [0.1, 0.15) is 0 Å². The summed E-state index contributed by atoms with van der Waals surface area (Å²) in [7, 11) is -3.98. The van der Waals surface area contributed by atoms with Gasteiger partial charge in [-0.3, -0.25) is 0 Å². The summed E-state index contributed by atoms with van der Waals surface area (Å²) in [5.41, 5.74) is 0. The summed E-state index contributed by atoms with van der Waals surface area (Å²) in [5.74, 6) is -66.4. The van der Waals surface area contributed by atoms with Gasteiger partial charge in [-0.2, -0.15) is 83.4 Å². The molecule has 0 saturated carbocycles. The van der Waals surface area contributed by atoms with Crippen molar-refractivity contribution in [1.82, 2.24) is 9.96 Å². The highest BCUT2D eigenvalue weighted by atomic mass is 28.4. The monoisotopic (exact) mass is 629 g/mol. The van der Waals surface area contributed by atoms with Crippen molar-refractivity contribution >= 4 is 8.56 Å². The lowest BCUT2D eigenvalue weighted by atomic mass is 9.87. The molecule has 0 radical (unpaired) electrons. The van der Waals surface area contributed by atoms with Crippen LogP contribution in [0.25, 0.3) is 0 Å². The average molecular weight is 629 g/mol. The van der Waals surface area contributed by atoms with Crippen LogP contribution in [0.5, 0.6) is 0 Å². The van der Waals surface area contributed by atoms with Crippen LogP contribution >= 0.6 is 0 Å². The van der Waals surface area contributed by atoms with Gasteiger partial charge in [0.15, 0.2) is 0 Å². The lowest BCUT2D eigenvalue weighted by Crippen LogP contribution is -2.76. The Morgan fingerprint density at radius 1 is 0.474 bits per heavy atom. The number of hydrogen-bond acceptors (Lipinski definition) is 3. The van der Waals surface area contributed by atoms with Crippen LogP contribution in [0, 0.1) is 0 Å². The van der Waals surface area contributed by atoms with Crippen LogP contribution in [0.3, 0.4) is 0 Å². The van der Waals surface area contributed by atoms with E-state index in [2.05, 4.69) is 9.96 Å². The Balaban J connectivity index is 6.69. The Labute approximate surface area is 201 Å². The number of halogens is 19. The maximum atomic E-state index is 14.0. The van der Waals surface area contributed by atoms with Crippen LogP contribution in [0.4, 0.5) is 83.4 Å². The van der Waals surface area contributed by atoms with E-state index in [4.69, 9.17) is 5.40 Å². The van der Waals surface area contributed by atoms with E-state index in [0.29, 0.717) is 0 Å². The van der Waals surface area contributed by atoms with Crippen molar-refractivity contribution in [2.45, 2.75) is 79.9 Å². The second kappa shape index (κ2) is 10.3. The van der Waals surface area contributed by atoms with Crippen molar-refractivity contribution in [1.29, 1.82) is 0 Å². The summed E-state index contributed by atoms with van der Waals surface area (Å²) in [4.78, 5) is 4.53. The molecular formula is C15H18F19N3Si. The van der Waals surface area contributed by atoms with E-state index in [1.54, 1.807) is 0 Å².